The standard InChI is InChI=1S/C26H26ClN5O3/c1-26(2,3)31-25(34)35-15-16-8-7-9-18(12-16)29-24-28-14-17-13-20(19-10-5-6-11-21(19)27)23(33)32(4)22(17)30-24/h5-14H,15H2,1-4H3,(H,31,34)(H,28,29,30). The second-order valence-electron chi connectivity index (χ2n) is 9.15. The van der Waals surface area contributed by atoms with E-state index in [0.717, 1.165) is 11.3 Å². The molecule has 0 unspecified atom stereocenters. The minimum absolute atomic E-state index is 0.120. The Kier molecular flexibility index (Phi) is 6.75. The van der Waals surface area contributed by atoms with Crippen molar-refractivity contribution in [2.45, 2.75) is 32.9 Å². The molecule has 0 atom stereocenters. The van der Waals surface area contributed by atoms with Crippen LogP contribution in [0.15, 0.2) is 65.6 Å². The van der Waals surface area contributed by atoms with Gasteiger partial charge in [-0.3, -0.25) is 9.36 Å². The SMILES string of the molecule is Cn1c(=O)c(-c2ccccc2Cl)cc2cnc(Nc3cccc(COC(=O)NC(C)(C)C)c3)nc21. The zero-order valence-corrected chi connectivity index (χ0v) is 20.7. The van der Waals surface area contributed by atoms with Gasteiger partial charge in [0.2, 0.25) is 5.95 Å². The summed E-state index contributed by atoms with van der Waals surface area (Å²) in [6.07, 6.45) is 1.18. The molecule has 35 heavy (non-hydrogen) atoms. The Morgan fingerprint density at radius 3 is 2.60 bits per heavy atom. The lowest BCUT2D eigenvalue weighted by atomic mass is 10.1. The fourth-order valence-electron chi connectivity index (χ4n) is 3.54. The third-order valence-electron chi connectivity index (χ3n) is 5.14. The summed E-state index contributed by atoms with van der Waals surface area (Å²) in [6, 6.07) is 16.4. The first kappa shape index (κ1) is 24.2. The molecule has 0 saturated carbocycles. The molecular formula is C26H26ClN5O3. The van der Waals surface area contributed by atoms with Crippen molar-refractivity contribution in [2.24, 2.45) is 7.05 Å². The normalized spacial score (nSPS) is 11.3. The molecule has 9 heteroatoms. The van der Waals surface area contributed by atoms with Gasteiger partial charge in [-0.2, -0.15) is 4.98 Å². The molecule has 0 fully saturated rings. The smallest absolute Gasteiger partial charge is 0.407 e. The average molecular weight is 492 g/mol. The zero-order valence-electron chi connectivity index (χ0n) is 19.9. The van der Waals surface area contributed by atoms with Gasteiger partial charge in [0.05, 0.1) is 0 Å². The Balaban J connectivity index is 1.56. The van der Waals surface area contributed by atoms with Gasteiger partial charge in [-0.1, -0.05) is 41.9 Å². The third-order valence-corrected chi connectivity index (χ3v) is 5.47. The Labute approximate surface area is 207 Å². The zero-order chi connectivity index (χ0) is 25.2. The molecule has 4 rings (SSSR count). The Morgan fingerprint density at radius 1 is 1.09 bits per heavy atom. The van der Waals surface area contributed by atoms with Crippen LogP contribution in [0.4, 0.5) is 16.4 Å². The quantitative estimate of drug-likeness (QED) is 0.387. The van der Waals surface area contributed by atoms with Crippen LogP contribution in [0, 0.1) is 0 Å². The number of carbonyl (C=O) groups excluding carboxylic acids is 1. The van der Waals surface area contributed by atoms with Gasteiger partial charge < -0.3 is 15.4 Å². The number of nitrogens with one attached hydrogen (secondary N) is 2. The number of halogens is 1. The minimum Gasteiger partial charge on any atom is -0.445 e. The van der Waals surface area contributed by atoms with E-state index in [1.54, 1.807) is 25.4 Å². The first-order chi connectivity index (χ1) is 16.6. The van der Waals surface area contributed by atoms with E-state index < -0.39 is 6.09 Å². The Morgan fingerprint density at radius 2 is 1.86 bits per heavy atom. The summed E-state index contributed by atoms with van der Waals surface area (Å²) in [5, 5.41) is 7.12. The molecule has 4 aromatic rings. The molecule has 2 aromatic carbocycles. The third kappa shape index (κ3) is 5.78. The van der Waals surface area contributed by atoms with E-state index in [1.807, 2.05) is 63.2 Å². The van der Waals surface area contributed by atoms with Crippen LogP contribution >= 0.6 is 11.6 Å². The molecule has 0 aliphatic heterocycles. The number of hydrogen-bond donors (Lipinski definition) is 2. The van der Waals surface area contributed by atoms with Crippen molar-refractivity contribution in [1.29, 1.82) is 0 Å². The molecule has 1 amide bonds. The number of aryl methyl sites for hydroxylation is 1. The summed E-state index contributed by atoms with van der Waals surface area (Å²) in [7, 11) is 1.67. The van der Waals surface area contributed by atoms with Crippen LogP contribution in [0.1, 0.15) is 26.3 Å². The average Bonchev–Trinajstić information content (AvgIpc) is 2.80. The van der Waals surface area contributed by atoms with E-state index >= 15 is 0 Å². The highest BCUT2D eigenvalue weighted by Crippen LogP contribution is 2.27. The van der Waals surface area contributed by atoms with Crippen molar-refractivity contribution in [3.63, 3.8) is 0 Å². The molecule has 2 heterocycles. The number of pyridine rings is 1. The Bertz CT molecular complexity index is 1460. The first-order valence-electron chi connectivity index (χ1n) is 11.0. The molecule has 0 radical (unpaired) electrons. The Hall–Kier alpha value is -3.91. The number of amides is 1. The van der Waals surface area contributed by atoms with Gasteiger partial charge in [-0.15, -0.1) is 0 Å². The maximum atomic E-state index is 13.0. The van der Waals surface area contributed by atoms with E-state index in [2.05, 4.69) is 20.6 Å². The largest absolute Gasteiger partial charge is 0.445 e. The number of benzene rings is 2. The number of carbonyl (C=O) groups is 1. The molecular weight excluding hydrogens is 466 g/mol. The van der Waals surface area contributed by atoms with E-state index in [9.17, 15) is 9.59 Å². The van der Waals surface area contributed by atoms with Gasteiger partial charge in [0.1, 0.15) is 12.3 Å². The van der Waals surface area contributed by atoms with Crippen LogP contribution in [0.2, 0.25) is 5.02 Å². The maximum Gasteiger partial charge on any atom is 0.407 e. The van der Waals surface area contributed by atoms with Gasteiger partial charge in [0, 0.05) is 46.0 Å². The van der Waals surface area contributed by atoms with Crippen LogP contribution in [0.25, 0.3) is 22.2 Å². The molecule has 8 nitrogen and oxygen atoms in total. The predicted molar refractivity (Wildman–Crippen MR) is 138 cm³/mol. The molecule has 0 spiro atoms. The summed E-state index contributed by atoms with van der Waals surface area (Å²) in [5.41, 5.74) is 2.58. The van der Waals surface area contributed by atoms with E-state index in [1.165, 1.54) is 4.57 Å². The molecule has 0 aliphatic rings. The first-order valence-corrected chi connectivity index (χ1v) is 11.4. The van der Waals surface area contributed by atoms with Crippen molar-refractivity contribution >= 4 is 40.4 Å². The second kappa shape index (κ2) is 9.76. The number of hydrogen-bond acceptors (Lipinski definition) is 6. The molecule has 0 aliphatic carbocycles. The minimum atomic E-state index is -0.481. The van der Waals surface area contributed by atoms with Gasteiger partial charge in [0.15, 0.2) is 0 Å². The highest BCUT2D eigenvalue weighted by atomic mass is 35.5. The lowest BCUT2D eigenvalue weighted by Gasteiger charge is -2.20. The monoisotopic (exact) mass is 491 g/mol. The highest BCUT2D eigenvalue weighted by Gasteiger charge is 2.15. The molecule has 180 valence electrons. The van der Waals surface area contributed by atoms with Crippen LogP contribution in [0.5, 0.6) is 0 Å². The number of aromatic nitrogens is 3. The summed E-state index contributed by atoms with van der Waals surface area (Å²) in [6.45, 7) is 5.77. The lowest BCUT2D eigenvalue weighted by Crippen LogP contribution is -2.40. The number of anilines is 2. The molecule has 2 N–H and O–H groups in total. The topological polar surface area (TPSA) is 98.1 Å². The summed E-state index contributed by atoms with van der Waals surface area (Å²) in [5.74, 6) is 0.335. The van der Waals surface area contributed by atoms with Crippen molar-refractivity contribution in [3.8, 4) is 11.1 Å². The number of fused-ring (bicyclic) bond motifs is 1. The van der Waals surface area contributed by atoms with Crippen LogP contribution in [0.3, 0.4) is 0 Å². The van der Waals surface area contributed by atoms with E-state index in [0.29, 0.717) is 33.1 Å². The number of rotatable bonds is 5. The lowest BCUT2D eigenvalue weighted by molar-refractivity contribution is 0.131. The van der Waals surface area contributed by atoms with E-state index in [4.69, 9.17) is 16.3 Å². The summed E-state index contributed by atoms with van der Waals surface area (Å²) >= 11 is 6.31. The van der Waals surface area contributed by atoms with Crippen molar-refractivity contribution in [1.82, 2.24) is 19.9 Å². The van der Waals surface area contributed by atoms with Crippen LogP contribution in [-0.2, 0) is 18.4 Å². The molecule has 2 aromatic heterocycles. The van der Waals surface area contributed by atoms with E-state index in [-0.39, 0.29) is 17.7 Å². The summed E-state index contributed by atoms with van der Waals surface area (Å²) in [4.78, 5) is 33.9. The van der Waals surface area contributed by atoms with Gasteiger partial charge in [-0.05, 0) is 50.6 Å². The predicted octanol–water partition coefficient (Wildman–Crippen LogP) is 5.42. The highest BCUT2D eigenvalue weighted by molar-refractivity contribution is 6.33. The van der Waals surface area contributed by atoms with Crippen molar-refractivity contribution < 1.29 is 9.53 Å². The maximum absolute atomic E-state index is 13.0. The van der Waals surface area contributed by atoms with Crippen molar-refractivity contribution in [3.05, 3.63) is 81.7 Å². The fraction of sp³-hybridized carbons (Fsp3) is 0.231. The van der Waals surface area contributed by atoms with Gasteiger partial charge in [-0.25, -0.2) is 9.78 Å². The molecule has 0 bridgehead atoms. The fourth-order valence-corrected chi connectivity index (χ4v) is 3.78. The number of nitrogens with zero attached hydrogens (tertiary/aromatic N) is 3. The second-order valence-corrected chi connectivity index (χ2v) is 9.56. The number of alkyl carbamates (subject to hydrolysis) is 1. The van der Waals surface area contributed by atoms with Crippen LogP contribution in [-0.4, -0.2) is 26.2 Å². The van der Waals surface area contributed by atoms with Crippen LogP contribution < -0.4 is 16.2 Å². The number of ether oxygens (including phenoxy) is 1. The van der Waals surface area contributed by atoms with Crippen molar-refractivity contribution in [2.75, 3.05) is 5.32 Å². The molecule has 0 saturated heterocycles. The van der Waals surface area contributed by atoms with Gasteiger partial charge >= 0.3 is 6.09 Å². The van der Waals surface area contributed by atoms with Gasteiger partial charge in [0.25, 0.3) is 5.56 Å². The summed E-state index contributed by atoms with van der Waals surface area (Å²) < 4.78 is 6.78.